The molecule has 0 radical (unpaired) electrons. The lowest BCUT2D eigenvalue weighted by molar-refractivity contribution is -0.133. The van der Waals surface area contributed by atoms with Crippen LogP contribution in [0, 0.1) is 11.8 Å². The first-order chi connectivity index (χ1) is 9.42. The van der Waals surface area contributed by atoms with Gasteiger partial charge in [-0.25, -0.2) is 0 Å². The highest BCUT2D eigenvalue weighted by Gasteiger charge is 2.42. The standard InChI is InChI=1S/C17H34N2O/c1-7-9-15-18-16(13(5)8-2)17(20)19(15)14(6)11-10-12(3)4/h12-16,18H,7-11H2,1-6H3. The fourth-order valence-electron chi connectivity index (χ4n) is 3.05. The first-order valence-electron chi connectivity index (χ1n) is 8.50. The molecule has 0 bridgehead atoms. The molecule has 0 aromatic heterocycles. The van der Waals surface area contributed by atoms with Crippen molar-refractivity contribution in [3.8, 4) is 0 Å². The number of nitrogens with one attached hydrogen (secondary N) is 1. The van der Waals surface area contributed by atoms with Crippen molar-refractivity contribution in [1.29, 1.82) is 0 Å². The van der Waals surface area contributed by atoms with Crippen molar-refractivity contribution in [2.45, 2.75) is 91.9 Å². The molecule has 1 fully saturated rings. The van der Waals surface area contributed by atoms with Crippen molar-refractivity contribution in [3.63, 3.8) is 0 Å². The third-order valence-electron chi connectivity index (χ3n) is 4.64. The minimum atomic E-state index is 0.0260. The molecule has 0 saturated carbocycles. The van der Waals surface area contributed by atoms with Gasteiger partial charge in [0.05, 0.1) is 12.2 Å². The fourth-order valence-corrected chi connectivity index (χ4v) is 3.05. The number of carbonyl (C=O) groups is 1. The Morgan fingerprint density at radius 1 is 1.15 bits per heavy atom. The van der Waals surface area contributed by atoms with Crippen LogP contribution in [0.25, 0.3) is 0 Å². The van der Waals surface area contributed by atoms with Gasteiger partial charge < -0.3 is 4.90 Å². The number of carbonyl (C=O) groups excluding carboxylic acids is 1. The number of amides is 1. The molecule has 1 N–H and O–H groups in total. The van der Waals surface area contributed by atoms with E-state index >= 15 is 0 Å². The van der Waals surface area contributed by atoms with Crippen LogP contribution in [0.5, 0.6) is 0 Å². The maximum atomic E-state index is 12.7. The van der Waals surface area contributed by atoms with Crippen LogP contribution in [-0.4, -0.2) is 29.1 Å². The van der Waals surface area contributed by atoms with Crippen molar-refractivity contribution in [3.05, 3.63) is 0 Å². The van der Waals surface area contributed by atoms with Crippen LogP contribution in [0.3, 0.4) is 0 Å². The van der Waals surface area contributed by atoms with E-state index < -0.39 is 0 Å². The summed E-state index contributed by atoms with van der Waals surface area (Å²) >= 11 is 0. The zero-order valence-electron chi connectivity index (χ0n) is 14.3. The molecule has 1 aliphatic heterocycles. The Kier molecular flexibility index (Phi) is 7.01. The molecule has 1 saturated heterocycles. The molecule has 1 aliphatic rings. The largest absolute Gasteiger partial charge is 0.323 e. The maximum Gasteiger partial charge on any atom is 0.241 e. The molecule has 0 spiro atoms. The molecular formula is C17H34N2O. The van der Waals surface area contributed by atoms with Crippen molar-refractivity contribution in [1.82, 2.24) is 10.2 Å². The summed E-state index contributed by atoms with van der Waals surface area (Å²) in [6.07, 6.45) is 5.77. The highest BCUT2D eigenvalue weighted by molar-refractivity contribution is 5.85. The molecule has 4 unspecified atom stereocenters. The molecule has 0 aromatic rings. The van der Waals surface area contributed by atoms with Gasteiger partial charge in [0.25, 0.3) is 0 Å². The Hall–Kier alpha value is -0.570. The predicted octanol–water partition coefficient (Wildman–Crippen LogP) is 3.78. The Labute approximate surface area is 125 Å². The van der Waals surface area contributed by atoms with Crippen LogP contribution >= 0.6 is 0 Å². The molecule has 20 heavy (non-hydrogen) atoms. The Morgan fingerprint density at radius 2 is 1.80 bits per heavy atom. The van der Waals surface area contributed by atoms with Gasteiger partial charge in [0.1, 0.15) is 0 Å². The third-order valence-corrected chi connectivity index (χ3v) is 4.64. The summed E-state index contributed by atoms with van der Waals surface area (Å²) in [4.78, 5) is 14.9. The predicted molar refractivity (Wildman–Crippen MR) is 85.5 cm³/mol. The summed E-state index contributed by atoms with van der Waals surface area (Å²) in [5.41, 5.74) is 0. The molecule has 0 aromatic carbocycles. The molecule has 1 rings (SSSR count). The minimum absolute atomic E-state index is 0.0260. The second kappa shape index (κ2) is 8.02. The smallest absolute Gasteiger partial charge is 0.241 e. The third kappa shape index (κ3) is 4.21. The van der Waals surface area contributed by atoms with Crippen molar-refractivity contribution >= 4 is 5.91 Å². The normalized spacial score (nSPS) is 26.4. The Balaban J connectivity index is 2.75. The first-order valence-corrected chi connectivity index (χ1v) is 8.50. The van der Waals surface area contributed by atoms with E-state index in [1.807, 2.05) is 0 Å². The van der Waals surface area contributed by atoms with E-state index in [2.05, 4.69) is 51.8 Å². The van der Waals surface area contributed by atoms with E-state index in [0.717, 1.165) is 25.7 Å². The fraction of sp³-hybridized carbons (Fsp3) is 0.941. The molecule has 1 amide bonds. The van der Waals surface area contributed by atoms with E-state index in [0.29, 0.717) is 23.8 Å². The van der Waals surface area contributed by atoms with Gasteiger partial charge in [-0.1, -0.05) is 47.5 Å². The van der Waals surface area contributed by atoms with E-state index in [1.54, 1.807) is 0 Å². The van der Waals surface area contributed by atoms with Gasteiger partial charge in [-0.05, 0) is 38.0 Å². The van der Waals surface area contributed by atoms with Crippen LogP contribution in [0.15, 0.2) is 0 Å². The highest BCUT2D eigenvalue weighted by atomic mass is 16.2. The maximum absolute atomic E-state index is 12.7. The zero-order chi connectivity index (χ0) is 15.3. The van der Waals surface area contributed by atoms with Crippen LogP contribution in [0.4, 0.5) is 0 Å². The molecule has 0 aliphatic carbocycles. The summed E-state index contributed by atoms with van der Waals surface area (Å²) in [6.45, 7) is 13.3. The van der Waals surface area contributed by atoms with Crippen LogP contribution in [0.1, 0.15) is 73.6 Å². The Bertz CT molecular complexity index is 303. The molecular weight excluding hydrogens is 248 g/mol. The second-order valence-corrected chi connectivity index (χ2v) is 6.90. The van der Waals surface area contributed by atoms with E-state index in [1.165, 1.54) is 6.42 Å². The summed E-state index contributed by atoms with van der Waals surface area (Å²) in [6, 6.07) is 0.376. The van der Waals surface area contributed by atoms with Gasteiger partial charge in [-0.15, -0.1) is 0 Å². The number of nitrogens with zero attached hydrogens (tertiary/aromatic N) is 1. The van der Waals surface area contributed by atoms with Crippen molar-refractivity contribution in [2.24, 2.45) is 11.8 Å². The van der Waals surface area contributed by atoms with Gasteiger partial charge in [0.15, 0.2) is 0 Å². The Morgan fingerprint density at radius 3 is 2.30 bits per heavy atom. The van der Waals surface area contributed by atoms with Crippen molar-refractivity contribution in [2.75, 3.05) is 0 Å². The average Bonchev–Trinajstić information content (AvgIpc) is 2.72. The molecule has 3 nitrogen and oxygen atoms in total. The first kappa shape index (κ1) is 17.5. The minimum Gasteiger partial charge on any atom is -0.323 e. The molecule has 3 heteroatoms. The summed E-state index contributed by atoms with van der Waals surface area (Å²) in [7, 11) is 0. The number of hydrogen-bond donors (Lipinski definition) is 1. The van der Waals surface area contributed by atoms with Gasteiger partial charge in [0, 0.05) is 6.04 Å². The number of rotatable bonds is 8. The second-order valence-electron chi connectivity index (χ2n) is 6.90. The monoisotopic (exact) mass is 282 g/mol. The zero-order valence-corrected chi connectivity index (χ0v) is 14.3. The summed E-state index contributed by atoms with van der Waals surface area (Å²) < 4.78 is 0. The number of hydrogen-bond acceptors (Lipinski definition) is 2. The SMILES string of the molecule is CCCC1NC(C(C)CC)C(=O)N1C(C)CCC(C)C. The quantitative estimate of drug-likeness (QED) is 0.734. The van der Waals surface area contributed by atoms with E-state index in [4.69, 9.17) is 0 Å². The van der Waals surface area contributed by atoms with Crippen LogP contribution in [0.2, 0.25) is 0 Å². The lowest BCUT2D eigenvalue weighted by Gasteiger charge is -2.31. The lowest BCUT2D eigenvalue weighted by atomic mass is 9.98. The molecule has 4 atom stereocenters. The van der Waals surface area contributed by atoms with Crippen molar-refractivity contribution < 1.29 is 4.79 Å². The van der Waals surface area contributed by atoms with Gasteiger partial charge in [-0.2, -0.15) is 0 Å². The van der Waals surface area contributed by atoms with E-state index in [9.17, 15) is 4.79 Å². The van der Waals surface area contributed by atoms with Gasteiger partial charge in [0.2, 0.25) is 5.91 Å². The average molecular weight is 282 g/mol. The molecule has 118 valence electrons. The van der Waals surface area contributed by atoms with Gasteiger partial charge >= 0.3 is 0 Å². The summed E-state index contributed by atoms with van der Waals surface area (Å²) in [5.74, 6) is 1.45. The van der Waals surface area contributed by atoms with Crippen LogP contribution < -0.4 is 5.32 Å². The highest BCUT2D eigenvalue weighted by Crippen LogP contribution is 2.26. The topological polar surface area (TPSA) is 32.3 Å². The van der Waals surface area contributed by atoms with Crippen LogP contribution in [-0.2, 0) is 4.79 Å². The van der Waals surface area contributed by atoms with Gasteiger partial charge in [-0.3, -0.25) is 10.1 Å². The lowest BCUT2D eigenvalue weighted by Crippen LogP contribution is -2.43. The van der Waals surface area contributed by atoms with E-state index in [-0.39, 0.29) is 12.2 Å². The molecule has 1 heterocycles. The summed E-state index contributed by atoms with van der Waals surface area (Å²) in [5, 5.41) is 3.59.